The van der Waals surface area contributed by atoms with E-state index in [0.717, 1.165) is 5.56 Å². The number of hydrogen-bond acceptors (Lipinski definition) is 2. The maximum atomic E-state index is 10.9. The smallest absolute Gasteiger partial charge is 0.248 e. The van der Waals surface area contributed by atoms with Gasteiger partial charge in [0.05, 0.1) is 5.52 Å². The molecule has 2 N–H and O–H groups in total. The number of H-pyrrole nitrogens is 1. The van der Waals surface area contributed by atoms with Gasteiger partial charge in [0, 0.05) is 11.5 Å². The number of aryl methyl sites for hydroxylation is 1. The van der Waals surface area contributed by atoms with Crippen LogP contribution >= 0.6 is 0 Å². The molecule has 0 amide bonds. The molecule has 0 unspecified atom stereocenters. The Hall–Kier alpha value is -1.77. The molecule has 0 aliphatic rings. The van der Waals surface area contributed by atoms with E-state index in [1.807, 2.05) is 6.92 Å². The molecule has 0 saturated carbocycles. The van der Waals surface area contributed by atoms with Crippen molar-refractivity contribution in [1.29, 1.82) is 0 Å². The van der Waals surface area contributed by atoms with E-state index in [9.17, 15) is 9.90 Å². The van der Waals surface area contributed by atoms with Crippen molar-refractivity contribution in [3.63, 3.8) is 0 Å². The SMILES string of the molecule is Cc1ccc2[nH]c(=O)ccc2c1O. The van der Waals surface area contributed by atoms with Crippen molar-refractivity contribution in [1.82, 2.24) is 4.98 Å². The summed E-state index contributed by atoms with van der Waals surface area (Å²) in [7, 11) is 0. The number of phenols is 1. The van der Waals surface area contributed by atoms with Crippen molar-refractivity contribution in [2.45, 2.75) is 6.92 Å². The van der Waals surface area contributed by atoms with E-state index in [1.165, 1.54) is 6.07 Å². The highest BCUT2D eigenvalue weighted by Crippen LogP contribution is 2.25. The molecule has 1 aromatic carbocycles. The van der Waals surface area contributed by atoms with Gasteiger partial charge in [-0.25, -0.2) is 0 Å². The molecule has 2 rings (SSSR count). The highest BCUT2D eigenvalue weighted by Gasteiger charge is 2.02. The first kappa shape index (κ1) is 7.86. The van der Waals surface area contributed by atoms with Crippen molar-refractivity contribution in [3.05, 3.63) is 40.2 Å². The second-order valence-corrected chi connectivity index (χ2v) is 3.01. The summed E-state index contributed by atoms with van der Waals surface area (Å²) >= 11 is 0. The van der Waals surface area contributed by atoms with Crippen molar-refractivity contribution in [2.75, 3.05) is 0 Å². The van der Waals surface area contributed by atoms with Crippen molar-refractivity contribution >= 4 is 10.9 Å². The number of aromatic amines is 1. The third kappa shape index (κ3) is 1.18. The summed E-state index contributed by atoms with van der Waals surface area (Å²) in [5.74, 6) is 0.230. The lowest BCUT2D eigenvalue weighted by molar-refractivity contribution is 0.477. The number of hydrogen-bond donors (Lipinski definition) is 2. The molecular weight excluding hydrogens is 166 g/mol. The number of rotatable bonds is 0. The van der Waals surface area contributed by atoms with Gasteiger partial charge in [0.2, 0.25) is 5.56 Å². The Kier molecular flexibility index (Phi) is 1.59. The topological polar surface area (TPSA) is 53.1 Å². The third-order valence-corrected chi connectivity index (χ3v) is 2.08. The number of fused-ring (bicyclic) bond motifs is 1. The Morgan fingerprint density at radius 1 is 1.23 bits per heavy atom. The summed E-state index contributed by atoms with van der Waals surface area (Å²) in [6.45, 7) is 1.82. The number of pyridine rings is 1. The summed E-state index contributed by atoms with van der Waals surface area (Å²) in [6.07, 6.45) is 0. The number of benzene rings is 1. The molecule has 13 heavy (non-hydrogen) atoms. The zero-order chi connectivity index (χ0) is 9.42. The molecular formula is C10H9NO2. The molecule has 0 aliphatic carbocycles. The van der Waals surface area contributed by atoms with E-state index in [1.54, 1.807) is 18.2 Å². The quantitative estimate of drug-likeness (QED) is 0.638. The van der Waals surface area contributed by atoms with E-state index in [0.29, 0.717) is 10.9 Å². The Labute approximate surface area is 74.7 Å². The molecule has 0 aliphatic heterocycles. The number of aromatic nitrogens is 1. The maximum Gasteiger partial charge on any atom is 0.248 e. The van der Waals surface area contributed by atoms with Crippen LogP contribution in [0.15, 0.2) is 29.1 Å². The van der Waals surface area contributed by atoms with E-state index >= 15 is 0 Å². The van der Waals surface area contributed by atoms with Crippen molar-refractivity contribution < 1.29 is 5.11 Å². The monoisotopic (exact) mass is 175 g/mol. The molecule has 0 spiro atoms. The highest BCUT2D eigenvalue weighted by molar-refractivity contribution is 5.85. The maximum absolute atomic E-state index is 10.9. The molecule has 0 radical (unpaired) electrons. The number of phenolic OH excluding ortho intramolecular Hbond substituents is 1. The van der Waals surface area contributed by atoms with Gasteiger partial charge in [0.15, 0.2) is 0 Å². The minimum absolute atomic E-state index is 0.157. The lowest BCUT2D eigenvalue weighted by Gasteiger charge is -2.02. The van der Waals surface area contributed by atoms with Gasteiger partial charge < -0.3 is 10.1 Å². The minimum Gasteiger partial charge on any atom is -0.507 e. The van der Waals surface area contributed by atoms with Gasteiger partial charge in [0.25, 0.3) is 0 Å². The summed E-state index contributed by atoms with van der Waals surface area (Å²) < 4.78 is 0. The normalized spacial score (nSPS) is 10.5. The van der Waals surface area contributed by atoms with Crippen LogP contribution < -0.4 is 5.56 Å². The Morgan fingerprint density at radius 3 is 2.77 bits per heavy atom. The minimum atomic E-state index is -0.157. The molecule has 1 heterocycles. The highest BCUT2D eigenvalue weighted by atomic mass is 16.3. The van der Waals surface area contributed by atoms with E-state index in [2.05, 4.69) is 4.98 Å². The van der Waals surface area contributed by atoms with Crippen molar-refractivity contribution in [2.24, 2.45) is 0 Å². The predicted molar refractivity (Wildman–Crippen MR) is 51.0 cm³/mol. The zero-order valence-electron chi connectivity index (χ0n) is 7.16. The molecule has 2 aromatic rings. The largest absolute Gasteiger partial charge is 0.507 e. The van der Waals surface area contributed by atoms with Gasteiger partial charge in [-0.15, -0.1) is 0 Å². The Balaban J connectivity index is 2.95. The number of aromatic hydroxyl groups is 1. The van der Waals surface area contributed by atoms with Crippen molar-refractivity contribution in [3.8, 4) is 5.75 Å². The van der Waals surface area contributed by atoms with Gasteiger partial charge in [-0.2, -0.15) is 0 Å². The van der Waals surface area contributed by atoms with Crippen LogP contribution in [0, 0.1) is 6.92 Å². The van der Waals surface area contributed by atoms with Crippen LogP contribution in [0.1, 0.15) is 5.56 Å². The van der Waals surface area contributed by atoms with E-state index in [4.69, 9.17) is 0 Å². The van der Waals surface area contributed by atoms with Gasteiger partial charge >= 0.3 is 0 Å². The van der Waals surface area contributed by atoms with Gasteiger partial charge in [-0.3, -0.25) is 4.79 Å². The average Bonchev–Trinajstić information content (AvgIpc) is 2.12. The molecule has 1 aromatic heterocycles. The molecule has 66 valence electrons. The Morgan fingerprint density at radius 2 is 2.00 bits per heavy atom. The first-order valence-corrected chi connectivity index (χ1v) is 4.00. The lowest BCUT2D eigenvalue weighted by atomic mass is 10.1. The first-order valence-electron chi connectivity index (χ1n) is 4.00. The van der Waals surface area contributed by atoms with Crippen LogP contribution in [0.3, 0.4) is 0 Å². The van der Waals surface area contributed by atoms with E-state index in [-0.39, 0.29) is 11.3 Å². The van der Waals surface area contributed by atoms with Crippen LogP contribution in [0.5, 0.6) is 5.75 Å². The summed E-state index contributed by atoms with van der Waals surface area (Å²) in [4.78, 5) is 13.6. The van der Waals surface area contributed by atoms with Crippen LogP contribution in [0.2, 0.25) is 0 Å². The molecule has 3 nitrogen and oxygen atoms in total. The summed E-state index contributed by atoms with van der Waals surface area (Å²) in [6, 6.07) is 6.58. The van der Waals surface area contributed by atoms with Gasteiger partial charge in [-0.1, -0.05) is 6.07 Å². The molecule has 0 fully saturated rings. The standard InChI is InChI=1S/C10H9NO2/c1-6-2-4-8-7(10(6)13)3-5-9(12)11-8/h2-5,13H,1H3,(H,11,12). The second-order valence-electron chi connectivity index (χ2n) is 3.01. The van der Waals surface area contributed by atoms with Crippen LogP contribution in [-0.4, -0.2) is 10.1 Å². The second kappa shape index (κ2) is 2.62. The first-order chi connectivity index (χ1) is 6.18. The summed E-state index contributed by atoms with van der Waals surface area (Å²) in [5.41, 5.74) is 1.31. The number of nitrogens with one attached hydrogen (secondary N) is 1. The van der Waals surface area contributed by atoms with Gasteiger partial charge in [0.1, 0.15) is 5.75 Å². The Bertz CT molecular complexity index is 514. The third-order valence-electron chi connectivity index (χ3n) is 2.08. The zero-order valence-corrected chi connectivity index (χ0v) is 7.16. The van der Waals surface area contributed by atoms with Crippen LogP contribution in [0.25, 0.3) is 10.9 Å². The fourth-order valence-electron chi connectivity index (χ4n) is 1.33. The van der Waals surface area contributed by atoms with Crippen LogP contribution in [-0.2, 0) is 0 Å². The predicted octanol–water partition coefficient (Wildman–Crippen LogP) is 1.54. The molecule has 3 heteroatoms. The molecule has 0 saturated heterocycles. The fourth-order valence-corrected chi connectivity index (χ4v) is 1.33. The van der Waals surface area contributed by atoms with Crippen LogP contribution in [0.4, 0.5) is 0 Å². The van der Waals surface area contributed by atoms with E-state index < -0.39 is 0 Å². The fraction of sp³-hybridized carbons (Fsp3) is 0.100. The summed E-state index contributed by atoms with van der Waals surface area (Å²) in [5, 5.41) is 10.3. The van der Waals surface area contributed by atoms with Gasteiger partial charge in [-0.05, 0) is 24.6 Å². The molecule has 0 atom stereocenters. The molecule has 0 bridgehead atoms. The lowest BCUT2D eigenvalue weighted by Crippen LogP contribution is -2.02. The average molecular weight is 175 g/mol.